The third-order valence-electron chi connectivity index (χ3n) is 2.44. The molecule has 0 bridgehead atoms. The Hall–Kier alpha value is -1.98. The number of nitrogens with two attached hydrogens (primary N) is 1. The number of methoxy groups -OCH3 is 1. The van der Waals surface area contributed by atoms with Crippen molar-refractivity contribution in [3.8, 4) is 5.75 Å². The van der Waals surface area contributed by atoms with Crippen LogP contribution in [0.2, 0.25) is 0 Å². The Bertz CT molecular complexity index is 438. The molecule has 0 radical (unpaired) electrons. The number of nitrogen functional groups attached to an aromatic ring is 1. The molecule has 0 aliphatic heterocycles. The number of halogens is 1. The molecule has 1 aromatic rings. The van der Waals surface area contributed by atoms with Crippen LogP contribution in [0.3, 0.4) is 0 Å². The van der Waals surface area contributed by atoms with Crippen molar-refractivity contribution in [1.82, 2.24) is 5.32 Å². The number of amides is 1. The van der Waals surface area contributed by atoms with Gasteiger partial charge in [-0.05, 0) is 13.8 Å². The van der Waals surface area contributed by atoms with Crippen molar-refractivity contribution in [3.63, 3.8) is 0 Å². The lowest BCUT2D eigenvalue weighted by molar-refractivity contribution is -0.121. The first-order valence-corrected chi connectivity index (χ1v) is 5.66. The van der Waals surface area contributed by atoms with Crippen molar-refractivity contribution in [1.29, 1.82) is 0 Å². The maximum absolute atomic E-state index is 13.3. The topological polar surface area (TPSA) is 76.4 Å². The molecular formula is C12H18FN3O2. The third-order valence-corrected chi connectivity index (χ3v) is 2.44. The van der Waals surface area contributed by atoms with E-state index in [9.17, 15) is 9.18 Å². The van der Waals surface area contributed by atoms with Gasteiger partial charge in [0.2, 0.25) is 5.91 Å². The van der Waals surface area contributed by atoms with E-state index in [1.807, 2.05) is 6.92 Å². The Kier molecular flexibility index (Phi) is 4.76. The molecule has 1 atom stereocenters. The summed E-state index contributed by atoms with van der Waals surface area (Å²) >= 11 is 0. The van der Waals surface area contributed by atoms with E-state index in [1.54, 1.807) is 6.92 Å². The van der Waals surface area contributed by atoms with Gasteiger partial charge in [-0.2, -0.15) is 0 Å². The number of hydrogen-bond acceptors (Lipinski definition) is 4. The number of carbonyl (C=O) groups is 1. The molecule has 0 aliphatic rings. The molecule has 0 fully saturated rings. The average molecular weight is 255 g/mol. The van der Waals surface area contributed by atoms with E-state index < -0.39 is 11.9 Å². The highest BCUT2D eigenvalue weighted by Gasteiger charge is 2.14. The fourth-order valence-electron chi connectivity index (χ4n) is 1.48. The quantitative estimate of drug-likeness (QED) is 0.694. The molecule has 1 unspecified atom stereocenters. The summed E-state index contributed by atoms with van der Waals surface area (Å²) in [6.07, 6.45) is 0. The summed E-state index contributed by atoms with van der Waals surface area (Å²) in [5, 5.41) is 5.59. The Balaban J connectivity index is 2.87. The SMILES string of the molecule is CCNC(=O)C(C)Nc1cc(OC)c(F)cc1N. The highest BCUT2D eigenvalue weighted by molar-refractivity contribution is 5.85. The second kappa shape index (κ2) is 6.09. The molecule has 0 saturated carbocycles. The second-order valence-corrected chi connectivity index (χ2v) is 3.83. The van der Waals surface area contributed by atoms with E-state index in [2.05, 4.69) is 10.6 Å². The Morgan fingerprint density at radius 1 is 1.56 bits per heavy atom. The van der Waals surface area contributed by atoms with E-state index in [0.29, 0.717) is 12.2 Å². The van der Waals surface area contributed by atoms with Crippen LogP contribution in [0.25, 0.3) is 0 Å². The molecule has 100 valence electrons. The summed E-state index contributed by atoms with van der Waals surface area (Å²) in [6.45, 7) is 4.08. The zero-order valence-corrected chi connectivity index (χ0v) is 10.7. The largest absolute Gasteiger partial charge is 0.494 e. The van der Waals surface area contributed by atoms with Gasteiger partial charge in [-0.15, -0.1) is 0 Å². The van der Waals surface area contributed by atoms with Crippen LogP contribution >= 0.6 is 0 Å². The number of carbonyl (C=O) groups excluding carboxylic acids is 1. The number of nitrogens with one attached hydrogen (secondary N) is 2. The first kappa shape index (κ1) is 14.1. The number of likely N-dealkylation sites (N-methyl/N-ethyl adjacent to an activating group) is 1. The molecule has 0 heterocycles. The van der Waals surface area contributed by atoms with Crippen molar-refractivity contribution in [3.05, 3.63) is 17.9 Å². The molecule has 6 heteroatoms. The molecular weight excluding hydrogens is 237 g/mol. The van der Waals surface area contributed by atoms with Gasteiger partial charge in [-0.25, -0.2) is 4.39 Å². The fourth-order valence-corrected chi connectivity index (χ4v) is 1.48. The predicted molar refractivity (Wildman–Crippen MR) is 69.1 cm³/mol. The van der Waals surface area contributed by atoms with Crippen LogP contribution in [-0.4, -0.2) is 25.6 Å². The first-order chi connectivity index (χ1) is 8.49. The normalized spacial score (nSPS) is 11.8. The Morgan fingerprint density at radius 2 is 2.22 bits per heavy atom. The third kappa shape index (κ3) is 3.26. The lowest BCUT2D eigenvalue weighted by atomic mass is 10.2. The number of benzene rings is 1. The summed E-state index contributed by atoms with van der Waals surface area (Å²) in [4.78, 5) is 11.6. The van der Waals surface area contributed by atoms with Gasteiger partial charge < -0.3 is 21.1 Å². The molecule has 5 nitrogen and oxygen atoms in total. The van der Waals surface area contributed by atoms with Gasteiger partial charge in [-0.3, -0.25) is 4.79 Å². The lowest BCUT2D eigenvalue weighted by Crippen LogP contribution is -2.37. The van der Waals surface area contributed by atoms with Gasteiger partial charge in [0.05, 0.1) is 18.5 Å². The minimum absolute atomic E-state index is 0.0785. The summed E-state index contributed by atoms with van der Waals surface area (Å²) in [5.41, 5.74) is 6.37. The maximum atomic E-state index is 13.3. The fraction of sp³-hybridized carbons (Fsp3) is 0.417. The molecule has 0 saturated heterocycles. The van der Waals surface area contributed by atoms with Crippen LogP contribution in [0.5, 0.6) is 5.75 Å². The van der Waals surface area contributed by atoms with E-state index in [0.717, 1.165) is 6.07 Å². The number of rotatable bonds is 5. The molecule has 18 heavy (non-hydrogen) atoms. The second-order valence-electron chi connectivity index (χ2n) is 3.83. The summed E-state index contributed by atoms with van der Waals surface area (Å²) in [6, 6.07) is 2.12. The smallest absolute Gasteiger partial charge is 0.242 e. The zero-order valence-electron chi connectivity index (χ0n) is 10.7. The molecule has 4 N–H and O–H groups in total. The summed E-state index contributed by atoms with van der Waals surface area (Å²) < 4.78 is 18.2. The van der Waals surface area contributed by atoms with Gasteiger partial charge in [0, 0.05) is 18.7 Å². The standard InChI is InChI=1S/C12H18FN3O2/c1-4-15-12(17)7(2)16-10-6-11(18-3)8(13)5-9(10)14/h5-7,16H,4,14H2,1-3H3,(H,15,17). The molecule has 0 aliphatic carbocycles. The van der Waals surface area contributed by atoms with Gasteiger partial charge in [0.15, 0.2) is 11.6 Å². The number of anilines is 2. The number of hydrogen-bond donors (Lipinski definition) is 3. The monoisotopic (exact) mass is 255 g/mol. The highest BCUT2D eigenvalue weighted by atomic mass is 19.1. The van der Waals surface area contributed by atoms with Gasteiger partial charge >= 0.3 is 0 Å². The van der Waals surface area contributed by atoms with E-state index in [4.69, 9.17) is 10.5 Å². The van der Waals surface area contributed by atoms with E-state index in [1.165, 1.54) is 13.2 Å². The number of ether oxygens (including phenoxy) is 1. The van der Waals surface area contributed by atoms with E-state index >= 15 is 0 Å². The first-order valence-electron chi connectivity index (χ1n) is 5.66. The van der Waals surface area contributed by atoms with Crippen molar-refractivity contribution in [2.24, 2.45) is 0 Å². The van der Waals surface area contributed by atoms with Crippen molar-refractivity contribution in [2.45, 2.75) is 19.9 Å². The van der Waals surface area contributed by atoms with Crippen LogP contribution in [0.1, 0.15) is 13.8 Å². The van der Waals surface area contributed by atoms with Crippen LogP contribution < -0.4 is 21.1 Å². The van der Waals surface area contributed by atoms with Crippen molar-refractivity contribution < 1.29 is 13.9 Å². The molecule has 1 amide bonds. The van der Waals surface area contributed by atoms with Crippen LogP contribution in [0.15, 0.2) is 12.1 Å². The summed E-state index contributed by atoms with van der Waals surface area (Å²) in [5.74, 6) is -0.610. The average Bonchev–Trinajstić information content (AvgIpc) is 2.32. The van der Waals surface area contributed by atoms with Gasteiger partial charge in [-0.1, -0.05) is 0 Å². The molecule has 0 aromatic heterocycles. The van der Waals surface area contributed by atoms with Gasteiger partial charge in [0.1, 0.15) is 6.04 Å². The Labute approximate surface area is 106 Å². The maximum Gasteiger partial charge on any atom is 0.242 e. The summed E-state index contributed by atoms with van der Waals surface area (Å²) in [7, 11) is 1.37. The molecule has 1 aromatic carbocycles. The van der Waals surface area contributed by atoms with Crippen LogP contribution in [-0.2, 0) is 4.79 Å². The van der Waals surface area contributed by atoms with Crippen molar-refractivity contribution in [2.75, 3.05) is 24.7 Å². The zero-order chi connectivity index (χ0) is 13.7. The highest BCUT2D eigenvalue weighted by Crippen LogP contribution is 2.28. The minimum atomic E-state index is -0.536. The lowest BCUT2D eigenvalue weighted by Gasteiger charge is -2.17. The molecule has 0 spiro atoms. The Morgan fingerprint density at radius 3 is 2.78 bits per heavy atom. The predicted octanol–water partition coefficient (Wildman–Crippen LogP) is 1.35. The van der Waals surface area contributed by atoms with E-state index in [-0.39, 0.29) is 17.3 Å². The van der Waals surface area contributed by atoms with Gasteiger partial charge in [0.25, 0.3) is 0 Å². The minimum Gasteiger partial charge on any atom is -0.494 e. The van der Waals surface area contributed by atoms with Crippen LogP contribution in [0.4, 0.5) is 15.8 Å². The van der Waals surface area contributed by atoms with Crippen molar-refractivity contribution >= 4 is 17.3 Å². The van der Waals surface area contributed by atoms with Crippen LogP contribution in [0, 0.1) is 5.82 Å². The molecule has 1 rings (SSSR count).